The first-order valence-electron chi connectivity index (χ1n) is 8.58. The molecular weight excluding hydrogens is 433 g/mol. The quantitative estimate of drug-likeness (QED) is 0.255. The number of methoxy groups -OCH3 is 1. The summed E-state index contributed by atoms with van der Waals surface area (Å²) in [7, 11) is 3.47. The SMILES string of the molecule is CN=C(NCCCOC1CCOC1)NCCc1cccc(OC)c1.I. The number of hydrogen-bond acceptors (Lipinski definition) is 4. The Morgan fingerprint density at radius 2 is 2.16 bits per heavy atom. The summed E-state index contributed by atoms with van der Waals surface area (Å²) in [5, 5.41) is 6.63. The molecule has 7 heteroatoms. The van der Waals surface area contributed by atoms with E-state index in [2.05, 4.69) is 27.8 Å². The zero-order valence-corrected chi connectivity index (χ0v) is 17.5. The third kappa shape index (κ3) is 8.73. The van der Waals surface area contributed by atoms with Gasteiger partial charge in [-0.3, -0.25) is 4.99 Å². The van der Waals surface area contributed by atoms with Crippen molar-refractivity contribution in [2.24, 2.45) is 4.99 Å². The molecule has 6 nitrogen and oxygen atoms in total. The standard InChI is InChI=1S/C18H29N3O3.HI/c1-19-18(20-9-4-11-24-17-8-12-23-14-17)21-10-7-15-5-3-6-16(13-15)22-2;/h3,5-6,13,17H,4,7-12,14H2,1-2H3,(H2,19,20,21);1H. The second kappa shape index (κ2) is 13.2. The molecule has 0 amide bonds. The van der Waals surface area contributed by atoms with Crippen molar-refractivity contribution < 1.29 is 14.2 Å². The lowest BCUT2D eigenvalue weighted by atomic mass is 10.1. The molecule has 0 spiro atoms. The van der Waals surface area contributed by atoms with Crippen LogP contribution in [0.3, 0.4) is 0 Å². The van der Waals surface area contributed by atoms with Crippen molar-refractivity contribution in [3.05, 3.63) is 29.8 Å². The van der Waals surface area contributed by atoms with Gasteiger partial charge >= 0.3 is 0 Å². The second-order valence-electron chi connectivity index (χ2n) is 5.74. The highest BCUT2D eigenvalue weighted by Gasteiger charge is 2.15. The van der Waals surface area contributed by atoms with E-state index in [1.165, 1.54) is 5.56 Å². The van der Waals surface area contributed by atoms with Crippen LogP contribution in [0.4, 0.5) is 0 Å². The first-order valence-corrected chi connectivity index (χ1v) is 8.58. The molecule has 1 fully saturated rings. The minimum absolute atomic E-state index is 0. The van der Waals surface area contributed by atoms with Gasteiger partial charge in [-0.15, -0.1) is 24.0 Å². The molecule has 0 saturated carbocycles. The summed E-state index contributed by atoms with van der Waals surface area (Å²) in [6, 6.07) is 8.13. The van der Waals surface area contributed by atoms with Crippen LogP contribution < -0.4 is 15.4 Å². The molecule has 1 aliphatic rings. The maximum atomic E-state index is 5.74. The van der Waals surface area contributed by atoms with Crippen LogP contribution >= 0.6 is 24.0 Å². The number of ether oxygens (including phenoxy) is 3. The Morgan fingerprint density at radius 1 is 1.32 bits per heavy atom. The Hall–Kier alpha value is -1.06. The van der Waals surface area contributed by atoms with Gasteiger partial charge in [-0.25, -0.2) is 0 Å². The number of nitrogens with one attached hydrogen (secondary N) is 2. The molecule has 2 rings (SSSR count). The summed E-state index contributed by atoms with van der Waals surface area (Å²) in [4.78, 5) is 4.24. The molecule has 1 atom stereocenters. The molecule has 1 unspecified atom stereocenters. The van der Waals surface area contributed by atoms with E-state index >= 15 is 0 Å². The highest BCUT2D eigenvalue weighted by atomic mass is 127. The fraction of sp³-hybridized carbons (Fsp3) is 0.611. The zero-order valence-electron chi connectivity index (χ0n) is 15.1. The predicted molar refractivity (Wildman–Crippen MR) is 111 cm³/mol. The minimum Gasteiger partial charge on any atom is -0.497 e. The van der Waals surface area contributed by atoms with Crippen LogP contribution in [-0.4, -0.2) is 59.1 Å². The third-order valence-corrected chi connectivity index (χ3v) is 3.92. The molecule has 0 bridgehead atoms. The van der Waals surface area contributed by atoms with Crippen LogP contribution in [0.2, 0.25) is 0 Å². The largest absolute Gasteiger partial charge is 0.497 e. The number of halogens is 1. The average molecular weight is 463 g/mol. The summed E-state index contributed by atoms with van der Waals surface area (Å²) in [6.45, 7) is 3.98. The summed E-state index contributed by atoms with van der Waals surface area (Å²) >= 11 is 0. The van der Waals surface area contributed by atoms with Crippen LogP contribution in [0.1, 0.15) is 18.4 Å². The Kier molecular flexibility index (Phi) is 11.6. The molecule has 142 valence electrons. The van der Waals surface area contributed by atoms with Crippen LogP contribution in [0, 0.1) is 0 Å². The van der Waals surface area contributed by atoms with Gasteiger partial charge in [0.1, 0.15) is 5.75 Å². The lowest BCUT2D eigenvalue weighted by Crippen LogP contribution is -2.39. The van der Waals surface area contributed by atoms with E-state index < -0.39 is 0 Å². The summed E-state index contributed by atoms with van der Waals surface area (Å²) in [5.74, 6) is 1.71. The smallest absolute Gasteiger partial charge is 0.190 e. The molecule has 1 aliphatic heterocycles. The fourth-order valence-corrected chi connectivity index (χ4v) is 2.55. The van der Waals surface area contributed by atoms with E-state index in [-0.39, 0.29) is 30.1 Å². The summed E-state index contributed by atoms with van der Waals surface area (Å²) in [6.07, 6.45) is 3.17. The fourth-order valence-electron chi connectivity index (χ4n) is 2.55. The van der Waals surface area contributed by atoms with Gasteiger partial charge in [0.25, 0.3) is 0 Å². The van der Waals surface area contributed by atoms with Crippen molar-refractivity contribution in [1.29, 1.82) is 0 Å². The van der Waals surface area contributed by atoms with Crippen LogP contribution in [0.5, 0.6) is 5.75 Å². The Labute approximate surface area is 167 Å². The van der Waals surface area contributed by atoms with Crippen LogP contribution in [0.15, 0.2) is 29.3 Å². The monoisotopic (exact) mass is 463 g/mol. The van der Waals surface area contributed by atoms with Crippen molar-refractivity contribution in [2.45, 2.75) is 25.4 Å². The molecule has 1 heterocycles. The van der Waals surface area contributed by atoms with E-state index in [1.807, 2.05) is 12.1 Å². The number of aliphatic imine (C=N–C) groups is 1. The van der Waals surface area contributed by atoms with Crippen LogP contribution in [-0.2, 0) is 15.9 Å². The van der Waals surface area contributed by atoms with Gasteiger partial charge in [0, 0.05) is 33.4 Å². The number of nitrogens with zero attached hydrogens (tertiary/aromatic N) is 1. The van der Waals surface area contributed by atoms with Gasteiger partial charge in [0.2, 0.25) is 0 Å². The van der Waals surface area contributed by atoms with E-state index in [0.29, 0.717) is 0 Å². The highest BCUT2D eigenvalue weighted by molar-refractivity contribution is 14.0. The Balaban J connectivity index is 0.00000312. The average Bonchev–Trinajstić information content (AvgIpc) is 3.13. The first-order chi connectivity index (χ1) is 11.8. The van der Waals surface area contributed by atoms with E-state index in [4.69, 9.17) is 14.2 Å². The van der Waals surface area contributed by atoms with Gasteiger partial charge in [-0.05, 0) is 37.0 Å². The minimum atomic E-state index is 0. The Bertz CT molecular complexity index is 508. The molecule has 1 aromatic carbocycles. The molecule has 1 saturated heterocycles. The Morgan fingerprint density at radius 3 is 2.88 bits per heavy atom. The van der Waals surface area contributed by atoms with Gasteiger partial charge < -0.3 is 24.8 Å². The number of hydrogen-bond donors (Lipinski definition) is 2. The molecule has 0 aromatic heterocycles. The molecule has 0 aliphatic carbocycles. The van der Waals surface area contributed by atoms with Gasteiger partial charge in [0.05, 0.1) is 19.8 Å². The maximum Gasteiger partial charge on any atom is 0.190 e. The van der Waals surface area contributed by atoms with Gasteiger partial charge in [-0.2, -0.15) is 0 Å². The highest BCUT2D eigenvalue weighted by Crippen LogP contribution is 2.12. The van der Waals surface area contributed by atoms with E-state index in [0.717, 1.165) is 63.9 Å². The number of guanidine groups is 1. The second-order valence-corrected chi connectivity index (χ2v) is 5.74. The molecular formula is C18H30IN3O3. The summed E-state index contributed by atoms with van der Waals surface area (Å²) in [5.41, 5.74) is 1.24. The molecule has 1 aromatic rings. The van der Waals surface area contributed by atoms with Crippen molar-refractivity contribution >= 4 is 29.9 Å². The van der Waals surface area contributed by atoms with Gasteiger partial charge in [-0.1, -0.05) is 12.1 Å². The van der Waals surface area contributed by atoms with Crippen molar-refractivity contribution in [3.8, 4) is 5.75 Å². The molecule has 2 N–H and O–H groups in total. The predicted octanol–water partition coefficient (Wildman–Crippen LogP) is 2.22. The van der Waals surface area contributed by atoms with E-state index in [1.54, 1.807) is 14.2 Å². The lowest BCUT2D eigenvalue weighted by molar-refractivity contribution is 0.0420. The first kappa shape index (κ1) is 22.0. The van der Waals surface area contributed by atoms with Gasteiger partial charge in [0.15, 0.2) is 5.96 Å². The van der Waals surface area contributed by atoms with Crippen LogP contribution in [0.25, 0.3) is 0 Å². The third-order valence-electron chi connectivity index (χ3n) is 3.92. The van der Waals surface area contributed by atoms with E-state index in [9.17, 15) is 0 Å². The topological polar surface area (TPSA) is 64.1 Å². The maximum absolute atomic E-state index is 5.74. The van der Waals surface area contributed by atoms with Crippen molar-refractivity contribution in [2.75, 3.05) is 47.1 Å². The van der Waals surface area contributed by atoms with Crippen molar-refractivity contribution in [1.82, 2.24) is 10.6 Å². The number of benzene rings is 1. The zero-order chi connectivity index (χ0) is 17.0. The molecule has 25 heavy (non-hydrogen) atoms. The summed E-state index contributed by atoms with van der Waals surface area (Å²) < 4.78 is 16.3. The lowest BCUT2D eigenvalue weighted by Gasteiger charge is -2.13. The normalized spacial score (nSPS) is 17.0. The molecule has 0 radical (unpaired) electrons. The van der Waals surface area contributed by atoms with Crippen molar-refractivity contribution in [3.63, 3.8) is 0 Å². The number of rotatable bonds is 9.